The summed E-state index contributed by atoms with van der Waals surface area (Å²) in [6.07, 6.45) is 0. The summed E-state index contributed by atoms with van der Waals surface area (Å²) in [6, 6.07) is 19.6. The molecule has 0 spiro atoms. The van der Waals surface area contributed by atoms with Crippen LogP contribution in [0.25, 0.3) is 32.9 Å². The van der Waals surface area contributed by atoms with Gasteiger partial charge >= 0.3 is 5.97 Å². The van der Waals surface area contributed by atoms with Crippen molar-refractivity contribution in [3.8, 4) is 16.9 Å². The molecule has 0 saturated heterocycles. The van der Waals surface area contributed by atoms with Crippen LogP contribution in [0.1, 0.15) is 10.4 Å². The van der Waals surface area contributed by atoms with Gasteiger partial charge in [0.2, 0.25) is 0 Å². The predicted molar refractivity (Wildman–Crippen MR) is 99.1 cm³/mol. The molecule has 0 atom stereocenters. The first kappa shape index (κ1) is 15.3. The van der Waals surface area contributed by atoms with E-state index in [9.17, 15) is 4.79 Å². The van der Waals surface area contributed by atoms with Gasteiger partial charge in [0.15, 0.2) is 0 Å². The topological polar surface area (TPSA) is 51.3 Å². The number of rotatable bonds is 3. The van der Waals surface area contributed by atoms with E-state index in [2.05, 4.69) is 4.98 Å². The minimum absolute atomic E-state index is 0.377. The van der Waals surface area contributed by atoms with Gasteiger partial charge < -0.3 is 14.5 Å². The van der Waals surface area contributed by atoms with E-state index in [4.69, 9.17) is 9.47 Å². The highest BCUT2D eigenvalue weighted by molar-refractivity contribution is 6.17. The van der Waals surface area contributed by atoms with Gasteiger partial charge in [0, 0.05) is 27.4 Å². The minimum Gasteiger partial charge on any atom is -0.496 e. The van der Waals surface area contributed by atoms with E-state index in [-0.39, 0.29) is 5.97 Å². The molecule has 4 nitrogen and oxygen atoms in total. The van der Waals surface area contributed by atoms with Crippen LogP contribution in [0.3, 0.4) is 0 Å². The van der Waals surface area contributed by atoms with Gasteiger partial charge in [-0.3, -0.25) is 0 Å². The number of methoxy groups -OCH3 is 2. The average molecular weight is 331 g/mol. The highest BCUT2D eigenvalue weighted by Gasteiger charge is 2.21. The summed E-state index contributed by atoms with van der Waals surface area (Å²) in [5.41, 5.74) is 3.91. The summed E-state index contributed by atoms with van der Waals surface area (Å²) in [4.78, 5) is 16.0. The number of ether oxygens (including phenoxy) is 2. The van der Waals surface area contributed by atoms with E-state index in [0.717, 1.165) is 32.9 Å². The van der Waals surface area contributed by atoms with Gasteiger partial charge in [0.25, 0.3) is 0 Å². The van der Waals surface area contributed by atoms with Crippen molar-refractivity contribution in [1.29, 1.82) is 0 Å². The largest absolute Gasteiger partial charge is 0.496 e. The van der Waals surface area contributed by atoms with Crippen LogP contribution < -0.4 is 4.74 Å². The number of fused-ring (bicyclic) bond motifs is 3. The fraction of sp³-hybridized carbons (Fsp3) is 0.0952. The number of benzene rings is 3. The molecule has 3 aromatic carbocycles. The third kappa shape index (κ3) is 2.34. The number of carbonyl (C=O) groups excluding carboxylic acids is 1. The molecule has 0 unspecified atom stereocenters. The second-order valence-electron chi connectivity index (χ2n) is 5.77. The number of hydrogen-bond donors (Lipinski definition) is 1. The number of hydrogen-bond acceptors (Lipinski definition) is 3. The highest BCUT2D eigenvalue weighted by atomic mass is 16.5. The zero-order valence-corrected chi connectivity index (χ0v) is 14.0. The Balaban J connectivity index is 2.11. The molecule has 25 heavy (non-hydrogen) atoms. The van der Waals surface area contributed by atoms with E-state index >= 15 is 0 Å². The van der Waals surface area contributed by atoms with Crippen LogP contribution in [0.15, 0.2) is 60.7 Å². The summed E-state index contributed by atoms with van der Waals surface area (Å²) in [6.45, 7) is 0. The lowest BCUT2D eigenvalue weighted by atomic mass is 9.96. The molecule has 0 aliphatic heterocycles. The molecule has 1 aromatic heterocycles. The number of esters is 1. The number of nitrogens with one attached hydrogen (secondary N) is 1. The van der Waals surface area contributed by atoms with Crippen molar-refractivity contribution < 1.29 is 14.3 Å². The van der Waals surface area contributed by atoms with Gasteiger partial charge in [0.05, 0.1) is 25.3 Å². The third-order valence-electron chi connectivity index (χ3n) is 4.47. The fourth-order valence-corrected chi connectivity index (χ4v) is 3.32. The van der Waals surface area contributed by atoms with Gasteiger partial charge in [-0.25, -0.2) is 4.79 Å². The van der Waals surface area contributed by atoms with E-state index in [0.29, 0.717) is 11.3 Å². The van der Waals surface area contributed by atoms with Crippen LogP contribution in [-0.2, 0) is 4.74 Å². The van der Waals surface area contributed by atoms with Crippen molar-refractivity contribution in [2.24, 2.45) is 0 Å². The van der Waals surface area contributed by atoms with Crippen LogP contribution >= 0.6 is 0 Å². The Morgan fingerprint density at radius 2 is 1.60 bits per heavy atom. The maximum atomic E-state index is 12.6. The Labute approximate surface area is 145 Å². The van der Waals surface area contributed by atoms with Gasteiger partial charge in [-0.2, -0.15) is 0 Å². The lowest BCUT2D eigenvalue weighted by molar-refractivity contribution is 0.0603. The Morgan fingerprint density at radius 1 is 0.840 bits per heavy atom. The SMILES string of the molecule is COC(=O)c1c(-c2ccccc2OC)ccc2c1[nH]c1ccccc12. The molecule has 4 aromatic rings. The first-order chi connectivity index (χ1) is 12.2. The molecule has 0 saturated carbocycles. The van der Waals surface area contributed by atoms with Crippen molar-refractivity contribution in [2.45, 2.75) is 0 Å². The van der Waals surface area contributed by atoms with Crippen LogP contribution in [0, 0.1) is 0 Å². The van der Waals surface area contributed by atoms with Gasteiger partial charge in [-0.15, -0.1) is 0 Å². The molecule has 0 fully saturated rings. The normalized spacial score (nSPS) is 11.0. The Hall–Kier alpha value is -3.27. The molecule has 124 valence electrons. The molecule has 4 rings (SSSR count). The van der Waals surface area contributed by atoms with Gasteiger partial charge in [-0.1, -0.05) is 48.5 Å². The minimum atomic E-state index is -0.377. The third-order valence-corrected chi connectivity index (χ3v) is 4.47. The van der Waals surface area contributed by atoms with Crippen molar-refractivity contribution in [3.63, 3.8) is 0 Å². The van der Waals surface area contributed by atoms with Gasteiger partial charge in [-0.05, 0) is 12.1 Å². The van der Waals surface area contributed by atoms with Crippen LogP contribution in [-0.4, -0.2) is 25.2 Å². The lowest BCUT2D eigenvalue weighted by Crippen LogP contribution is -2.05. The van der Waals surface area contributed by atoms with Gasteiger partial charge in [0.1, 0.15) is 5.75 Å². The molecular formula is C21H17NO3. The molecular weight excluding hydrogens is 314 g/mol. The molecule has 0 radical (unpaired) electrons. The maximum absolute atomic E-state index is 12.6. The number of aromatic amines is 1. The van der Waals surface area contributed by atoms with Crippen molar-refractivity contribution >= 4 is 27.8 Å². The van der Waals surface area contributed by atoms with Crippen molar-refractivity contribution in [2.75, 3.05) is 14.2 Å². The van der Waals surface area contributed by atoms with Crippen LogP contribution in [0.2, 0.25) is 0 Å². The van der Waals surface area contributed by atoms with Crippen molar-refractivity contribution in [1.82, 2.24) is 4.98 Å². The predicted octanol–water partition coefficient (Wildman–Crippen LogP) is 4.78. The zero-order valence-electron chi connectivity index (χ0n) is 14.0. The molecule has 0 aliphatic rings. The summed E-state index contributed by atoms with van der Waals surface area (Å²) in [7, 11) is 3.02. The summed E-state index contributed by atoms with van der Waals surface area (Å²) in [5, 5.41) is 2.07. The van der Waals surface area contributed by atoms with E-state index < -0.39 is 0 Å². The Morgan fingerprint density at radius 3 is 2.40 bits per heavy atom. The molecule has 0 amide bonds. The number of carbonyl (C=O) groups is 1. The number of aromatic nitrogens is 1. The summed E-state index contributed by atoms with van der Waals surface area (Å²) >= 11 is 0. The number of H-pyrrole nitrogens is 1. The average Bonchev–Trinajstić information content (AvgIpc) is 3.05. The first-order valence-electron chi connectivity index (χ1n) is 7.99. The quantitative estimate of drug-likeness (QED) is 0.550. The summed E-state index contributed by atoms with van der Waals surface area (Å²) < 4.78 is 10.6. The first-order valence-corrected chi connectivity index (χ1v) is 7.99. The van der Waals surface area contributed by atoms with E-state index in [1.54, 1.807) is 7.11 Å². The Kier molecular flexibility index (Phi) is 3.65. The molecule has 4 heteroatoms. The summed E-state index contributed by atoms with van der Waals surface area (Å²) in [5.74, 6) is 0.334. The Bertz CT molecular complexity index is 1090. The monoisotopic (exact) mass is 331 g/mol. The maximum Gasteiger partial charge on any atom is 0.340 e. The second kappa shape index (κ2) is 5.98. The standard InChI is InChI=1S/C21H17NO3/c1-24-18-10-6-4-8-14(18)15-11-12-16-13-7-3-5-9-17(13)22-20(16)19(15)21(23)25-2/h3-12,22H,1-2H3. The zero-order chi connectivity index (χ0) is 17.4. The molecule has 1 heterocycles. The van der Waals surface area contributed by atoms with E-state index in [1.807, 2.05) is 60.7 Å². The molecule has 1 N–H and O–H groups in total. The number of para-hydroxylation sites is 2. The molecule has 0 bridgehead atoms. The second-order valence-corrected chi connectivity index (χ2v) is 5.77. The van der Waals surface area contributed by atoms with Crippen LogP contribution in [0.5, 0.6) is 5.75 Å². The lowest BCUT2D eigenvalue weighted by Gasteiger charge is -2.13. The molecule has 0 aliphatic carbocycles. The smallest absolute Gasteiger partial charge is 0.340 e. The van der Waals surface area contributed by atoms with Crippen molar-refractivity contribution in [3.05, 3.63) is 66.2 Å². The highest BCUT2D eigenvalue weighted by Crippen LogP contribution is 2.38. The fourth-order valence-electron chi connectivity index (χ4n) is 3.32. The van der Waals surface area contributed by atoms with Crippen LogP contribution in [0.4, 0.5) is 0 Å². The van der Waals surface area contributed by atoms with E-state index in [1.165, 1.54) is 7.11 Å².